The van der Waals surface area contributed by atoms with Gasteiger partial charge in [-0.1, -0.05) is 48.9 Å². The number of amides is 1. The molecule has 2 rings (SSSR count). The minimum atomic E-state index is -1.02. The van der Waals surface area contributed by atoms with Crippen molar-refractivity contribution < 1.29 is 4.79 Å². The number of primary amides is 1. The molecule has 0 bridgehead atoms. The number of benzene rings is 1. The molecule has 21 heavy (non-hydrogen) atoms. The van der Waals surface area contributed by atoms with E-state index in [0.717, 1.165) is 11.3 Å². The molecular formula is C15H19ClN4O. The fourth-order valence-corrected chi connectivity index (χ4v) is 2.55. The maximum Gasteiger partial charge on any atom is 0.244 e. The number of nitrogens with one attached hydrogen (secondary N) is 1. The number of nitrogens with zero attached hydrogens (tertiary/aromatic N) is 2. The fraction of sp³-hybridized carbons (Fsp3) is 0.333. The molecule has 0 saturated heterocycles. The summed E-state index contributed by atoms with van der Waals surface area (Å²) in [5, 5.41) is 8.10. The van der Waals surface area contributed by atoms with Gasteiger partial charge in [0.2, 0.25) is 5.91 Å². The van der Waals surface area contributed by atoms with Crippen LogP contribution in [0.1, 0.15) is 18.2 Å². The molecule has 0 saturated carbocycles. The van der Waals surface area contributed by atoms with Crippen LogP contribution in [0.3, 0.4) is 0 Å². The number of aromatic nitrogens is 2. The van der Waals surface area contributed by atoms with E-state index in [9.17, 15) is 4.79 Å². The Morgan fingerprint density at radius 1 is 1.43 bits per heavy atom. The highest BCUT2D eigenvalue weighted by molar-refractivity contribution is 6.31. The van der Waals surface area contributed by atoms with Crippen LogP contribution in [0.2, 0.25) is 5.02 Å². The van der Waals surface area contributed by atoms with Crippen molar-refractivity contribution in [3.63, 3.8) is 0 Å². The van der Waals surface area contributed by atoms with Crippen molar-refractivity contribution in [2.45, 2.75) is 25.9 Å². The first-order chi connectivity index (χ1) is 9.99. The Morgan fingerprint density at radius 2 is 2.10 bits per heavy atom. The zero-order chi connectivity index (χ0) is 15.5. The van der Waals surface area contributed by atoms with Gasteiger partial charge in [-0.15, -0.1) is 0 Å². The number of nitrogens with two attached hydrogens (primary N) is 1. The Balaban J connectivity index is 2.47. The van der Waals surface area contributed by atoms with Gasteiger partial charge in [0, 0.05) is 6.20 Å². The standard InChI is InChI=1S/C15H19ClN4O/c1-3-18-15(14(17)21,12-7-5-4-6-8-12)10-20-9-13(16)11(2)19-20/h4-9,18H,3,10H2,1-2H3,(H2,17,21). The van der Waals surface area contributed by atoms with Gasteiger partial charge in [0.15, 0.2) is 0 Å². The molecule has 5 nitrogen and oxygen atoms in total. The highest BCUT2D eigenvalue weighted by Crippen LogP contribution is 2.24. The van der Waals surface area contributed by atoms with Gasteiger partial charge in [-0.2, -0.15) is 5.10 Å². The van der Waals surface area contributed by atoms with E-state index in [-0.39, 0.29) is 6.54 Å². The summed E-state index contributed by atoms with van der Waals surface area (Å²) in [5.41, 5.74) is 6.22. The summed E-state index contributed by atoms with van der Waals surface area (Å²) >= 11 is 6.04. The second-order valence-corrected chi connectivity index (χ2v) is 5.33. The van der Waals surface area contributed by atoms with Crippen molar-refractivity contribution in [3.8, 4) is 0 Å². The number of aryl methyl sites for hydroxylation is 1. The number of rotatable bonds is 6. The first-order valence-electron chi connectivity index (χ1n) is 6.79. The fourth-order valence-electron chi connectivity index (χ4n) is 2.40. The van der Waals surface area contributed by atoms with E-state index in [1.165, 1.54) is 0 Å². The third-order valence-corrected chi connectivity index (χ3v) is 3.82. The summed E-state index contributed by atoms with van der Waals surface area (Å²) in [4.78, 5) is 12.2. The van der Waals surface area contributed by atoms with Crippen LogP contribution in [-0.4, -0.2) is 22.2 Å². The molecule has 0 aliphatic heterocycles. The lowest BCUT2D eigenvalue weighted by molar-refractivity contribution is -0.125. The van der Waals surface area contributed by atoms with Crippen molar-refractivity contribution in [1.29, 1.82) is 0 Å². The quantitative estimate of drug-likeness (QED) is 0.855. The first kappa shape index (κ1) is 15.5. The number of likely N-dealkylation sites (N-methyl/N-ethyl adjacent to an activating group) is 1. The van der Waals surface area contributed by atoms with E-state index in [0.29, 0.717) is 11.6 Å². The second-order valence-electron chi connectivity index (χ2n) is 4.93. The predicted octanol–water partition coefficient (Wildman–Crippen LogP) is 1.84. The number of carbonyl (C=O) groups is 1. The normalized spacial score (nSPS) is 13.9. The maximum absolute atomic E-state index is 12.2. The molecule has 0 spiro atoms. The van der Waals surface area contributed by atoms with E-state index in [1.807, 2.05) is 44.2 Å². The summed E-state index contributed by atoms with van der Waals surface area (Å²) in [7, 11) is 0. The van der Waals surface area contributed by atoms with Crippen LogP contribution >= 0.6 is 11.6 Å². The Morgan fingerprint density at radius 3 is 2.57 bits per heavy atom. The summed E-state index contributed by atoms with van der Waals surface area (Å²) < 4.78 is 1.65. The van der Waals surface area contributed by atoms with Gasteiger partial charge in [0.05, 0.1) is 17.3 Å². The SMILES string of the molecule is CCNC(Cn1cc(Cl)c(C)n1)(C(N)=O)c1ccccc1. The van der Waals surface area contributed by atoms with Crippen molar-refractivity contribution >= 4 is 17.5 Å². The summed E-state index contributed by atoms with van der Waals surface area (Å²) in [5.74, 6) is -0.445. The van der Waals surface area contributed by atoms with Gasteiger partial charge in [0.1, 0.15) is 5.54 Å². The topological polar surface area (TPSA) is 72.9 Å². The second kappa shape index (κ2) is 6.28. The monoisotopic (exact) mass is 306 g/mol. The molecule has 0 fully saturated rings. The van der Waals surface area contributed by atoms with E-state index in [1.54, 1.807) is 10.9 Å². The Labute approximate surface area is 129 Å². The smallest absolute Gasteiger partial charge is 0.244 e. The molecular weight excluding hydrogens is 288 g/mol. The minimum absolute atomic E-state index is 0.285. The van der Waals surface area contributed by atoms with E-state index in [4.69, 9.17) is 17.3 Å². The molecule has 112 valence electrons. The van der Waals surface area contributed by atoms with Crippen LogP contribution in [0.15, 0.2) is 36.5 Å². The Kier molecular flexibility index (Phi) is 4.65. The van der Waals surface area contributed by atoms with Crippen LogP contribution < -0.4 is 11.1 Å². The summed E-state index contributed by atoms with van der Waals surface area (Å²) in [6.07, 6.45) is 1.70. The lowest BCUT2D eigenvalue weighted by Crippen LogP contribution is -2.55. The third kappa shape index (κ3) is 3.09. The number of hydrogen-bond donors (Lipinski definition) is 2. The highest BCUT2D eigenvalue weighted by Gasteiger charge is 2.38. The molecule has 0 radical (unpaired) electrons. The molecule has 1 aromatic heterocycles. The molecule has 6 heteroatoms. The molecule has 1 heterocycles. The van der Waals surface area contributed by atoms with E-state index < -0.39 is 11.4 Å². The lowest BCUT2D eigenvalue weighted by atomic mass is 9.88. The molecule has 0 aliphatic carbocycles. The first-order valence-corrected chi connectivity index (χ1v) is 7.17. The van der Waals surface area contributed by atoms with Gasteiger partial charge in [-0.25, -0.2) is 0 Å². The van der Waals surface area contributed by atoms with E-state index in [2.05, 4.69) is 10.4 Å². The number of halogens is 1. The van der Waals surface area contributed by atoms with Gasteiger partial charge >= 0.3 is 0 Å². The number of hydrogen-bond acceptors (Lipinski definition) is 3. The summed E-state index contributed by atoms with van der Waals surface area (Å²) in [6, 6.07) is 9.42. The predicted molar refractivity (Wildman–Crippen MR) is 83.0 cm³/mol. The molecule has 1 amide bonds. The van der Waals surface area contributed by atoms with Crippen molar-refractivity contribution in [1.82, 2.24) is 15.1 Å². The average Bonchev–Trinajstić information content (AvgIpc) is 2.77. The lowest BCUT2D eigenvalue weighted by Gasteiger charge is -2.32. The van der Waals surface area contributed by atoms with Crippen LogP contribution in [0.5, 0.6) is 0 Å². The van der Waals surface area contributed by atoms with E-state index >= 15 is 0 Å². The molecule has 1 aromatic carbocycles. The zero-order valence-corrected chi connectivity index (χ0v) is 12.9. The number of carbonyl (C=O) groups excluding carboxylic acids is 1. The molecule has 1 atom stereocenters. The zero-order valence-electron chi connectivity index (χ0n) is 12.1. The summed E-state index contributed by atoms with van der Waals surface area (Å²) in [6.45, 7) is 4.64. The third-order valence-electron chi connectivity index (χ3n) is 3.45. The van der Waals surface area contributed by atoms with Crippen molar-refractivity contribution in [2.75, 3.05) is 6.54 Å². The van der Waals surface area contributed by atoms with Crippen molar-refractivity contribution in [3.05, 3.63) is 52.8 Å². The van der Waals surface area contributed by atoms with Crippen LogP contribution in [0.25, 0.3) is 0 Å². The average molecular weight is 307 g/mol. The Hall–Kier alpha value is -1.85. The van der Waals surface area contributed by atoms with Crippen LogP contribution in [-0.2, 0) is 16.9 Å². The van der Waals surface area contributed by atoms with Crippen LogP contribution in [0, 0.1) is 6.92 Å². The highest BCUT2D eigenvalue weighted by atomic mass is 35.5. The van der Waals surface area contributed by atoms with Gasteiger partial charge in [-0.3, -0.25) is 14.8 Å². The molecule has 1 unspecified atom stereocenters. The van der Waals surface area contributed by atoms with Gasteiger partial charge in [0.25, 0.3) is 0 Å². The van der Waals surface area contributed by atoms with Gasteiger partial charge < -0.3 is 5.73 Å². The molecule has 2 aromatic rings. The largest absolute Gasteiger partial charge is 0.368 e. The van der Waals surface area contributed by atoms with Crippen molar-refractivity contribution in [2.24, 2.45) is 5.73 Å². The van der Waals surface area contributed by atoms with Gasteiger partial charge in [-0.05, 0) is 19.0 Å². The maximum atomic E-state index is 12.2. The molecule has 0 aliphatic rings. The molecule has 3 N–H and O–H groups in total. The van der Waals surface area contributed by atoms with Crippen LogP contribution in [0.4, 0.5) is 0 Å². The minimum Gasteiger partial charge on any atom is -0.368 e. The Bertz CT molecular complexity index is 606.